The number of alkyl halides is 2. The van der Waals surface area contributed by atoms with Crippen molar-refractivity contribution in [1.82, 2.24) is 14.5 Å². The van der Waals surface area contributed by atoms with Gasteiger partial charge in [0, 0.05) is 13.7 Å². The van der Waals surface area contributed by atoms with Crippen molar-refractivity contribution in [1.29, 1.82) is 0 Å². The Balaban J connectivity index is 2.23. The van der Waals surface area contributed by atoms with Gasteiger partial charge in [0.25, 0.3) is 11.5 Å². The highest BCUT2D eigenvalue weighted by Gasteiger charge is 2.29. The maximum Gasteiger partial charge on any atom is 0.266 e. The third-order valence-corrected chi connectivity index (χ3v) is 5.04. The molecule has 0 saturated heterocycles. The Morgan fingerprint density at radius 1 is 1.14 bits per heavy atom. The Labute approximate surface area is 178 Å². The molecule has 0 aliphatic heterocycles. The molecule has 6 nitrogen and oxygen atoms in total. The molecule has 1 atom stereocenters. The van der Waals surface area contributed by atoms with Gasteiger partial charge in [-0.2, -0.15) is 0 Å². The molecule has 3 aromatic rings. The molecular weight excluding hydrogens is 413 g/mol. The van der Waals surface area contributed by atoms with Crippen LogP contribution in [0.25, 0.3) is 16.6 Å². The average Bonchev–Trinajstić information content (AvgIpc) is 2.74. The molecule has 0 bridgehead atoms. The molecule has 152 valence electrons. The minimum atomic E-state index is -1.23. The topological polar surface area (TPSA) is 64.4 Å². The van der Waals surface area contributed by atoms with E-state index in [0.29, 0.717) is 29.0 Å². The van der Waals surface area contributed by atoms with E-state index in [1.165, 1.54) is 9.47 Å². The number of carbonyl (C=O) groups excluding carboxylic acids is 1. The summed E-state index contributed by atoms with van der Waals surface area (Å²) in [7, 11) is 1.54. The van der Waals surface area contributed by atoms with Gasteiger partial charge in [-0.3, -0.25) is 14.2 Å². The third-order valence-electron chi connectivity index (χ3n) is 4.66. The van der Waals surface area contributed by atoms with Crippen LogP contribution >= 0.6 is 23.2 Å². The molecule has 0 aliphatic rings. The number of para-hydroxylation sites is 2. The highest BCUT2D eigenvalue weighted by atomic mass is 35.5. The fourth-order valence-corrected chi connectivity index (χ4v) is 3.46. The van der Waals surface area contributed by atoms with Crippen LogP contribution in [0.1, 0.15) is 18.8 Å². The Kier molecular flexibility index (Phi) is 6.90. The third kappa shape index (κ3) is 4.45. The smallest absolute Gasteiger partial charge is 0.266 e. The zero-order valence-corrected chi connectivity index (χ0v) is 17.6. The van der Waals surface area contributed by atoms with Gasteiger partial charge in [-0.25, -0.2) is 4.98 Å². The molecule has 0 saturated carbocycles. The maximum atomic E-state index is 13.3. The van der Waals surface area contributed by atoms with E-state index in [-0.39, 0.29) is 12.1 Å². The Morgan fingerprint density at radius 2 is 1.79 bits per heavy atom. The lowest BCUT2D eigenvalue weighted by Gasteiger charge is -2.30. The number of methoxy groups -OCH3 is 1. The standard InChI is InChI=1S/C21H21Cl2N3O3/c1-14(25(12-13-29-2)21(28)18(22)23)19-24-17-11-7-6-10-16(17)20(27)26(19)15-8-4-3-5-9-15/h3-11,14,18H,12-13H2,1-2H3. The van der Waals surface area contributed by atoms with Crippen molar-refractivity contribution in [3.8, 4) is 5.69 Å². The molecule has 3 rings (SSSR count). The van der Waals surface area contributed by atoms with Crippen molar-refractivity contribution < 1.29 is 9.53 Å². The minimum Gasteiger partial charge on any atom is -0.383 e. The molecule has 0 fully saturated rings. The van der Waals surface area contributed by atoms with Crippen molar-refractivity contribution in [2.45, 2.75) is 17.8 Å². The first-order valence-electron chi connectivity index (χ1n) is 9.10. The van der Waals surface area contributed by atoms with E-state index in [1.54, 1.807) is 32.2 Å². The van der Waals surface area contributed by atoms with Crippen LogP contribution in [0, 0.1) is 0 Å². The van der Waals surface area contributed by atoms with Gasteiger partial charge in [-0.15, -0.1) is 0 Å². The summed E-state index contributed by atoms with van der Waals surface area (Å²) >= 11 is 11.7. The molecule has 2 aromatic carbocycles. The quantitative estimate of drug-likeness (QED) is 0.532. The summed E-state index contributed by atoms with van der Waals surface area (Å²) in [6.45, 7) is 2.34. The van der Waals surface area contributed by atoms with Gasteiger partial charge in [0.05, 0.1) is 29.2 Å². The van der Waals surface area contributed by atoms with E-state index in [0.717, 1.165) is 0 Å². The number of hydrogen-bond donors (Lipinski definition) is 0. The monoisotopic (exact) mass is 433 g/mol. The molecule has 1 heterocycles. The number of rotatable bonds is 7. The van der Waals surface area contributed by atoms with Crippen molar-refractivity contribution in [2.75, 3.05) is 20.3 Å². The summed E-state index contributed by atoms with van der Waals surface area (Å²) in [4.78, 5) is 31.0. The maximum absolute atomic E-state index is 13.3. The van der Waals surface area contributed by atoms with Crippen LogP contribution in [0.15, 0.2) is 59.4 Å². The summed E-state index contributed by atoms with van der Waals surface area (Å²) in [5, 5.41) is 0.495. The highest BCUT2D eigenvalue weighted by Crippen LogP contribution is 2.24. The van der Waals surface area contributed by atoms with Gasteiger partial charge in [0.1, 0.15) is 5.82 Å². The molecule has 1 unspecified atom stereocenters. The van der Waals surface area contributed by atoms with Gasteiger partial charge >= 0.3 is 0 Å². The van der Waals surface area contributed by atoms with Crippen LogP contribution < -0.4 is 5.56 Å². The fraction of sp³-hybridized carbons (Fsp3) is 0.286. The predicted molar refractivity (Wildman–Crippen MR) is 115 cm³/mol. The van der Waals surface area contributed by atoms with Gasteiger partial charge in [0.2, 0.25) is 0 Å². The first kappa shape index (κ1) is 21.3. The van der Waals surface area contributed by atoms with Crippen LogP contribution in [0.4, 0.5) is 0 Å². The van der Waals surface area contributed by atoms with E-state index in [9.17, 15) is 9.59 Å². The van der Waals surface area contributed by atoms with Gasteiger partial charge < -0.3 is 9.64 Å². The van der Waals surface area contributed by atoms with E-state index in [2.05, 4.69) is 0 Å². The molecule has 0 N–H and O–H groups in total. The largest absolute Gasteiger partial charge is 0.383 e. The Morgan fingerprint density at radius 3 is 2.45 bits per heavy atom. The first-order valence-corrected chi connectivity index (χ1v) is 9.97. The number of aromatic nitrogens is 2. The Bertz CT molecular complexity index is 1050. The van der Waals surface area contributed by atoms with Gasteiger partial charge in [0.15, 0.2) is 4.84 Å². The lowest BCUT2D eigenvalue weighted by Crippen LogP contribution is -2.41. The SMILES string of the molecule is COCCN(C(=O)C(Cl)Cl)C(C)c1nc2ccccc2c(=O)n1-c1ccccc1. The van der Waals surface area contributed by atoms with Crippen molar-refractivity contribution in [3.63, 3.8) is 0 Å². The molecule has 1 aromatic heterocycles. The normalized spacial score (nSPS) is 12.3. The zero-order chi connectivity index (χ0) is 21.0. The van der Waals surface area contributed by atoms with Crippen LogP contribution in [0.5, 0.6) is 0 Å². The number of ether oxygens (including phenoxy) is 1. The molecule has 0 spiro atoms. The number of halogens is 2. The number of hydrogen-bond acceptors (Lipinski definition) is 4. The van der Waals surface area contributed by atoms with Crippen LogP contribution in [-0.4, -0.2) is 45.5 Å². The summed E-state index contributed by atoms with van der Waals surface area (Å²) in [6, 6.07) is 15.7. The second-order valence-corrected chi connectivity index (χ2v) is 7.56. The molecule has 0 radical (unpaired) electrons. The number of nitrogens with zero attached hydrogens (tertiary/aromatic N) is 3. The lowest BCUT2D eigenvalue weighted by atomic mass is 10.2. The molecule has 29 heavy (non-hydrogen) atoms. The minimum absolute atomic E-state index is 0.212. The first-order chi connectivity index (χ1) is 14.0. The number of amides is 1. The van der Waals surface area contributed by atoms with E-state index >= 15 is 0 Å². The molecule has 1 amide bonds. The van der Waals surface area contributed by atoms with Gasteiger partial charge in [-0.1, -0.05) is 53.5 Å². The van der Waals surface area contributed by atoms with Crippen LogP contribution in [0.3, 0.4) is 0 Å². The fourth-order valence-electron chi connectivity index (χ4n) is 3.21. The molecular formula is C21H21Cl2N3O3. The van der Waals surface area contributed by atoms with Crippen molar-refractivity contribution in [2.24, 2.45) is 0 Å². The summed E-state index contributed by atoms with van der Waals surface area (Å²) in [6.07, 6.45) is 0. The summed E-state index contributed by atoms with van der Waals surface area (Å²) < 4.78 is 6.65. The number of benzene rings is 2. The van der Waals surface area contributed by atoms with Crippen LogP contribution in [0.2, 0.25) is 0 Å². The van der Waals surface area contributed by atoms with E-state index in [4.69, 9.17) is 32.9 Å². The zero-order valence-electron chi connectivity index (χ0n) is 16.1. The van der Waals surface area contributed by atoms with Crippen LogP contribution in [-0.2, 0) is 9.53 Å². The molecule has 8 heteroatoms. The second kappa shape index (κ2) is 9.39. The van der Waals surface area contributed by atoms with E-state index in [1.807, 2.05) is 36.4 Å². The lowest BCUT2D eigenvalue weighted by molar-refractivity contribution is -0.132. The average molecular weight is 434 g/mol. The Hall–Kier alpha value is -2.41. The van der Waals surface area contributed by atoms with Crippen molar-refractivity contribution >= 4 is 40.0 Å². The number of fused-ring (bicyclic) bond motifs is 1. The summed E-state index contributed by atoms with van der Waals surface area (Å²) in [5.74, 6) is -0.0572. The van der Waals surface area contributed by atoms with Gasteiger partial charge in [-0.05, 0) is 31.2 Å². The van der Waals surface area contributed by atoms with Crippen molar-refractivity contribution in [3.05, 3.63) is 70.8 Å². The summed E-state index contributed by atoms with van der Waals surface area (Å²) in [5.41, 5.74) is 1.00. The highest BCUT2D eigenvalue weighted by molar-refractivity contribution is 6.53. The second-order valence-electron chi connectivity index (χ2n) is 6.46. The predicted octanol–water partition coefficient (Wildman–Crippen LogP) is 3.73. The number of carbonyl (C=O) groups is 1. The molecule has 0 aliphatic carbocycles. The van der Waals surface area contributed by atoms with E-state index < -0.39 is 16.8 Å².